The fourth-order valence-corrected chi connectivity index (χ4v) is 3.39. The summed E-state index contributed by atoms with van der Waals surface area (Å²) in [5.41, 5.74) is 0. The van der Waals surface area contributed by atoms with Gasteiger partial charge in [0.25, 0.3) is 0 Å². The van der Waals surface area contributed by atoms with Gasteiger partial charge in [0.15, 0.2) is 0 Å². The molecule has 2 atom stereocenters. The summed E-state index contributed by atoms with van der Waals surface area (Å²) in [6.45, 7) is 4.10. The first-order chi connectivity index (χ1) is 15.2. The van der Waals surface area contributed by atoms with Crippen LogP contribution in [0.25, 0.3) is 0 Å². The van der Waals surface area contributed by atoms with E-state index in [2.05, 4.69) is 43.5 Å². The van der Waals surface area contributed by atoms with Crippen LogP contribution < -0.4 is 5.32 Å². The minimum atomic E-state index is -0.861. The van der Waals surface area contributed by atoms with E-state index < -0.39 is 12.1 Å². The van der Waals surface area contributed by atoms with Gasteiger partial charge in [0, 0.05) is 6.42 Å². The van der Waals surface area contributed by atoms with Gasteiger partial charge < -0.3 is 15.5 Å². The highest BCUT2D eigenvalue weighted by Gasteiger charge is 2.17. The quantitative estimate of drug-likeness (QED) is 0.145. The molecule has 0 spiro atoms. The van der Waals surface area contributed by atoms with Gasteiger partial charge in [0.05, 0.1) is 18.8 Å². The summed E-state index contributed by atoms with van der Waals surface area (Å²) in [6.07, 6.45) is 27.9. The Labute approximate surface area is 191 Å². The fourth-order valence-electron chi connectivity index (χ4n) is 3.39. The molecule has 0 heterocycles. The van der Waals surface area contributed by atoms with Gasteiger partial charge >= 0.3 is 0 Å². The van der Waals surface area contributed by atoms with E-state index in [0.717, 1.165) is 44.9 Å². The monoisotopic (exact) mass is 435 g/mol. The zero-order valence-corrected chi connectivity index (χ0v) is 20.2. The maximum Gasteiger partial charge on any atom is 0.220 e. The number of amides is 1. The molecule has 0 aliphatic heterocycles. The largest absolute Gasteiger partial charge is 0.394 e. The van der Waals surface area contributed by atoms with Gasteiger partial charge in [-0.05, 0) is 38.5 Å². The van der Waals surface area contributed by atoms with Crippen molar-refractivity contribution in [2.45, 2.75) is 122 Å². The maximum absolute atomic E-state index is 12.1. The molecule has 0 rings (SSSR count). The molecule has 180 valence electrons. The number of nitrogens with one attached hydrogen (secondary N) is 1. The van der Waals surface area contributed by atoms with Crippen LogP contribution in [0.2, 0.25) is 0 Å². The average molecular weight is 436 g/mol. The molecule has 0 fully saturated rings. The number of aliphatic hydroxyl groups excluding tert-OH is 2. The molecule has 4 heteroatoms. The summed E-state index contributed by atoms with van der Waals surface area (Å²) >= 11 is 0. The molecule has 3 N–H and O–H groups in total. The summed E-state index contributed by atoms with van der Waals surface area (Å²) in [5.74, 6) is -0.0884. The summed E-state index contributed by atoms with van der Waals surface area (Å²) in [5, 5.41) is 22.5. The molecule has 4 nitrogen and oxygen atoms in total. The van der Waals surface area contributed by atoms with Gasteiger partial charge in [-0.2, -0.15) is 0 Å². The number of rotatable bonds is 21. The highest BCUT2D eigenvalue weighted by molar-refractivity contribution is 5.76. The number of carbonyl (C=O) groups excluding carboxylic acids is 1. The van der Waals surface area contributed by atoms with E-state index in [1.54, 1.807) is 6.08 Å². The van der Waals surface area contributed by atoms with Gasteiger partial charge in [0.2, 0.25) is 5.91 Å². The van der Waals surface area contributed by atoms with E-state index in [9.17, 15) is 15.0 Å². The lowest BCUT2D eigenvalue weighted by Gasteiger charge is -2.19. The Morgan fingerprint density at radius 1 is 0.774 bits per heavy atom. The molecule has 31 heavy (non-hydrogen) atoms. The van der Waals surface area contributed by atoms with E-state index in [-0.39, 0.29) is 12.5 Å². The van der Waals surface area contributed by atoms with E-state index in [1.807, 2.05) is 6.08 Å². The first-order valence-electron chi connectivity index (χ1n) is 12.7. The third-order valence-corrected chi connectivity index (χ3v) is 5.37. The number of unbranched alkanes of at least 4 members (excludes halogenated alkanes) is 10. The van der Waals surface area contributed by atoms with Crippen molar-refractivity contribution in [3.05, 3.63) is 36.5 Å². The van der Waals surface area contributed by atoms with Crippen LogP contribution in [0.1, 0.15) is 110 Å². The Kier molecular flexibility index (Phi) is 22.2. The molecule has 2 unspecified atom stereocenters. The van der Waals surface area contributed by atoms with Crippen LogP contribution in [0.15, 0.2) is 36.5 Å². The average Bonchev–Trinajstić information content (AvgIpc) is 2.77. The van der Waals surface area contributed by atoms with Gasteiger partial charge in [-0.15, -0.1) is 0 Å². The topological polar surface area (TPSA) is 69.6 Å². The molecule has 0 aliphatic rings. The van der Waals surface area contributed by atoms with Crippen molar-refractivity contribution < 1.29 is 15.0 Å². The molecule has 0 radical (unpaired) electrons. The van der Waals surface area contributed by atoms with Crippen LogP contribution in [0.3, 0.4) is 0 Å². The second-order valence-electron chi connectivity index (χ2n) is 8.36. The Morgan fingerprint density at radius 3 is 1.84 bits per heavy atom. The number of aliphatic hydroxyl groups is 2. The van der Waals surface area contributed by atoms with E-state index >= 15 is 0 Å². The Hall–Kier alpha value is -1.39. The lowest BCUT2D eigenvalue weighted by atomic mass is 10.1. The van der Waals surface area contributed by atoms with Gasteiger partial charge in [-0.25, -0.2) is 0 Å². The Morgan fingerprint density at radius 2 is 1.29 bits per heavy atom. The minimum Gasteiger partial charge on any atom is -0.394 e. The van der Waals surface area contributed by atoms with Gasteiger partial charge in [-0.3, -0.25) is 4.79 Å². The molecular weight excluding hydrogens is 386 g/mol. The summed E-state index contributed by atoms with van der Waals surface area (Å²) in [6, 6.07) is -0.636. The molecular formula is C27H49NO3. The Bertz CT molecular complexity index is 485. The van der Waals surface area contributed by atoms with Crippen molar-refractivity contribution in [1.82, 2.24) is 5.32 Å². The molecule has 0 saturated heterocycles. The van der Waals surface area contributed by atoms with Crippen LogP contribution in [0, 0.1) is 0 Å². The van der Waals surface area contributed by atoms with Crippen molar-refractivity contribution in [1.29, 1.82) is 0 Å². The Balaban J connectivity index is 3.85. The molecule has 0 saturated carbocycles. The van der Waals surface area contributed by atoms with E-state index in [1.165, 1.54) is 44.9 Å². The predicted molar refractivity (Wildman–Crippen MR) is 133 cm³/mol. The molecule has 1 amide bonds. The normalized spacial score (nSPS) is 14.1. The summed E-state index contributed by atoms with van der Waals surface area (Å²) in [4.78, 5) is 12.1. The smallest absolute Gasteiger partial charge is 0.220 e. The standard InChI is InChI=1S/C27H49NO3/c1-3-5-7-9-11-13-15-16-18-20-22-26(30)25(24-29)28-27(31)23-21-19-17-14-12-10-8-6-4-2/h5,7,13,15,20,22,25-26,29-30H,3-4,6,8-12,14,16-19,21,23-24H2,1-2H3,(H,28,31)/b7-5+,15-13+,22-20+. The molecule has 0 bridgehead atoms. The highest BCUT2D eigenvalue weighted by Crippen LogP contribution is 2.10. The van der Waals surface area contributed by atoms with E-state index in [0.29, 0.717) is 6.42 Å². The third kappa shape index (κ3) is 20.3. The van der Waals surface area contributed by atoms with Crippen molar-refractivity contribution in [3.63, 3.8) is 0 Å². The number of hydrogen-bond acceptors (Lipinski definition) is 3. The molecule has 0 aromatic carbocycles. The van der Waals surface area contributed by atoms with Gasteiger partial charge in [0.1, 0.15) is 0 Å². The molecule has 0 aromatic heterocycles. The second kappa shape index (κ2) is 23.3. The van der Waals surface area contributed by atoms with Crippen LogP contribution >= 0.6 is 0 Å². The minimum absolute atomic E-state index is 0.0884. The predicted octanol–water partition coefficient (Wildman–Crippen LogP) is 6.38. The van der Waals surface area contributed by atoms with Crippen LogP contribution in [0.5, 0.6) is 0 Å². The second-order valence-corrected chi connectivity index (χ2v) is 8.36. The first-order valence-corrected chi connectivity index (χ1v) is 12.7. The summed E-state index contributed by atoms with van der Waals surface area (Å²) in [7, 11) is 0. The lowest BCUT2D eigenvalue weighted by Crippen LogP contribution is -2.45. The SMILES string of the molecule is CC/C=C/CC/C=C/CC/C=C/C(O)C(CO)NC(=O)CCCCCCCCCCC. The fraction of sp³-hybridized carbons (Fsp3) is 0.741. The van der Waals surface area contributed by atoms with Crippen molar-refractivity contribution in [2.24, 2.45) is 0 Å². The third-order valence-electron chi connectivity index (χ3n) is 5.37. The maximum atomic E-state index is 12.1. The van der Waals surface area contributed by atoms with Crippen LogP contribution in [-0.4, -0.2) is 34.9 Å². The zero-order valence-electron chi connectivity index (χ0n) is 20.2. The van der Waals surface area contributed by atoms with Crippen LogP contribution in [-0.2, 0) is 4.79 Å². The zero-order chi connectivity index (χ0) is 23.0. The van der Waals surface area contributed by atoms with Crippen LogP contribution in [0.4, 0.5) is 0 Å². The van der Waals surface area contributed by atoms with Crippen molar-refractivity contribution in [2.75, 3.05) is 6.61 Å². The molecule has 0 aromatic rings. The highest BCUT2D eigenvalue weighted by atomic mass is 16.3. The number of hydrogen-bond donors (Lipinski definition) is 3. The first kappa shape index (κ1) is 29.6. The van der Waals surface area contributed by atoms with Gasteiger partial charge in [-0.1, -0.05) is 102 Å². The van der Waals surface area contributed by atoms with E-state index in [4.69, 9.17) is 0 Å². The van der Waals surface area contributed by atoms with Crippen molar-refractivity contribution >= 4 is 5.91 Å². The molecule has 0 aliphatic carbocycles. The number of carbonyl (C=O) groups is 1. The number of allylic oxidation sites excluding steroid dienone is 5. The van der Waals surface area contributed by atoms with Crippen molar-refractivity contribution in [3.8, 4) is 0 Å². The lowest BCUT2D eigenvalue weighted by molar-refractivity contribution is -0.123. The summed E-state index contributed by atoms with van der Waals surface area (Å²) < 4.78 is 0.